The molecule has 5 rings (SSSR count). The lowest BCUT2D eigenvalue weighted by Crippen LogP contribution is -2.31. The predicted octanol–water partition coefficient (Wildman–Crippen LogP) is 6.10. The van der Waals surface area contributed by atoms with Crippen molar-refractivity contribution in [1.82, 2.24) is 20.0 Å². The van der Waals surface area contributed by atoms with E-state index >= 15 is 0 Å². The summed E-state index contributed by atoms with van der Waals surface area (Å²) in [5, 5.41) is 13.6. The fourth-order valence-corrected chi connectivity index (χ4v) is 6.05. The minimum Gasteiger partial charge on any atom is -0.490 e. The van der Waals surface area contributed by atoms with Crippen LogP contribution in [0.5, 0.6) is 5.75 Å². The topological polar surface area (TPSA) is 131 Å². The zero-order chi connectivity index (χ0) is 30.1. The van der Waals surface area contributed by atoms with Gasteiger partial charge in [-0.25, -0.2) is 13.1 Å². The Bertz CT molecular complexity index is 1610. The van der Waals surface area contributed by atoms with Crippen LogP contribution in [0, 0.1) is 0 Å². The minimum absolute atomic E-state index is 0. The number of nitrogens with zero attached hydrogens (tertiary/aromatic N) is 2. The van der Waals surface area contributed by atoms with E-state index in [9.17, 15) is 18.3 Å². The fourth-order valence-electron chi connectivity index (χ4n) is 5.12. The molecule has 1 aliphatic carbocycles. The number of aliphatic hydroxyl groups excluding tert-OH is 1. The molecular weight excluding hydrogens is 671 g/mol. The standard InChI is InChI=1S/C33H36N4O5S.3ClH/c38-31(27-6-4-17-34-21-27)23-36-19-16-24-10-12-25(13-11-24)26-14-15-30(32(20-26)42-28-7-2-1-3-8-28)33(39)37-43(40,41)29-9-5-18-35-22-29;;;/h4-6,9-15,17-18,20-22,28,31,36,38H,1-3,7-8,16,19,23H2,(H,37,39);3*1H/t31-;;;/m0.../s1. The molecule has 1 atom stereocenters. The lowest BCUT2D eigenvalue weighted by molar-refractivity contribution is 0.0969. The zero-order valence-corrected chi connectivity index (χ0v) is 28.3. The summed E-state index contributed by atoms with van der Waals surface area (Å²) in [6.07, 6.45) is 11.2. The summed E-state index contributed by atoms with van der Waals surface area (Å²) < 4.78 is 34.1. The molecule has 46 heavy (non-hydrogen) atoms. The van der Waals surface area contributed by atoms with Gasteiger partial charge in [0.25, 0.3) is 15.9 Å². The number of amides is 1. The van der Waals surface area contributed by atoms with Gasteiger partial charge in [0.1, 0.15) is 10.6 Å². The first-order valence-electron chi connectivity index (χ1n) is 14.5. The van der Waals surface area contributed by atoms with Crippen LogP contribution in [0.3, 0.4) is 0 Å². The van der Waals surface area contributed by atoms with Gasteiger partial charge in [0.2, 0.25) is 0 Å². The molecular formula is C33H39Cl3N4O5S. The van der Waals surface area contributed by atoms with Gasteiger partial charge in [-0.3, -0.25) is 14.8 Å². The number of benzene rings is 2. The molecule has 1 fully saturated rings. The number of halogens is 3. The van der Waals surface area contributed by atoms with Crippen LogP contribution < -0.4 is 14.8 Å². The first-order valence-corrected chi connectivity index (χ1v) is 16.0. The molecule has 9 nitrogen and oxygen atoms in total. The van der Waals surface area contributed by atoms with Gasteiger partial charge < -0.3 is 15.2 Å². The van der Waals surface area contributed by atoms with Crippen LogP contribution in [-0.2, 0) is 16.4 Å². The second kappa shape index (κ2) is 18.8. The number of hydrogen-bond acceptors (Lipinski definition) is 8. The largest absolute Gasteiger partial charge is 0.490 e. The van der Waals surface area contributed by atoms with Gasteiger partial charge in [-0.05, 0) is 85.7 Å². The molecule has 2 heterocycles. The lowest BCUT2D eigenvalue weighted by Gasteiger charge is -2.24. The smallest absolute Gasteiger partial charge is 0.268 e. The van der Waals surface area contributed by atoms with E-state index in [2.05, 4.69) is 32.1 Å². The Morgan fingerprint density at radius 2 is 1.57 bits per heavy atom. The first kappa shape index (κ1) is 38.9. The van der Waals surface area contributed by atoms with Crippen LogP contribution in [0.1, 0.15) is 59.7 Å². The van der Waals surface area contributed by atoms with E-state index in [1.54, 1.807) is 24.5 Å². The molecule has 0 unspecified atom stereocenters. The van der Waals surface area contributed by atoms with Gasteiger partial charge in [-0.2, -0.15) is 0 Å². The molecule has 1 aliphatic rings. The number of carbonyl (C=O) groups is 1. The van der Waals surface area contributed by atoms with Crippen molar-refractivity contribution in [3.8, 4) is 16.9 Å². The van der Waals surface area contributed by atoms with Gasteiger partial charge in [-0.15, -0.1) is 37.2 Å². The third-order valence-corrected chi connectivity index (χ3v) is 8.84. The second-order valence-electron chi connectivity index (χ2n) is 10.7. The number of nitrogens with one attached hydrogen (secondary N) is 2. The van der Waals surface area contributed by atoms with E-state index in [1.807, 2.05) is 30.3 Å². The Labute approximate surface area is 288 Å². The zero-order valence-electron chi connectivity index (χ0n) is 25.1. The maximum absolute atomic E-state index is 13.2. The number of sulfonamides is 1. The Morgan fingerprint density at radius 3 is 2.22 bits per heavy atom. The van der Waals surface area contributed by atoms with E-state index in [-0.39, 0.29) is 53.8 Å². The van der Waals surface area contributed by atoms with Crippen molar-refractivity contribution in [2.45, 2.75) is 55.6 Å². The van der Waals surface area contributed by atoms with Crippen LogP contribution in [0.4, 0.5) is 0 Å². The summed E-state index contributed by atoms with van der Waals surface area (Å²) in [7, 11) is -4.09. The van der Waals surface area contributed by atoms with Crippen molar-refractivity contribution in [2.24, 2.45) is 0 Å². The fraction of sp³-hybridized carbons (Fsp3) is 0.303. The Morgan fingerprint density at radius 1 is 0.891 bits per heavy atom. The number of aliphatic hydroxyl groups is 1. The molecule has 0 aliphatic heterocycles. The average molecular weight is 710 g/mol. The molecule has 0 spiro atoms. The third kappa shape index (κ3) is 10.7. The minimum atomic E-state index is -4.09. The molecule has 0 radical (unpaired) electrons. The number of aromatic nitrogens is 2. The van der Waals surface area contributed by atoms with Crippen molar-refractivity contribution in [1.29, 1.82) is 0 Å². The van der Waals surface area contributed by atoms with Crippen molar-refractivity contribution in [3.05, 3.63) is 108 Å². The average Bonchev–Trinajstić information content (AvgIpc) is 3.04. The van der Waals surface area contributed by atoms with Crippen molar-refractivity contribution in [2.75, 3.05) is 13.1 Å². The van der Waals surface area contributed by atoms with Crippen LogP contribution in [0.25, 0.3) is 11.1 Å². The maximum atomic E-state index is 13.2. The van der Waals surface area contributed by atoms with Gasteiger partial charge >= 0.3 is 0 Å². The Balaban J connectivity index is 0.00000245. The Kier molecular flexibility index (Phi) is 15.9. The van der Waals surface area contributed by atoms with Gasteiger partial charge in [-0.1, -0.05) is 42.8 Å². The highest BCUT2D eigenvalue weighted by atomic mass is 35.5. The molecule has 0 bridgehead atoms. The molecule has 2 aromatic carbocycles. The Hall–Kier alpha value is -3.25. The SMILES string of the molecule is Cl.Cl.Cl.O=C(NS(=O)(=O)c1cccnc1)c1ccc(-c2ccc(CCNC[C@H](O)c3cccnc3)cc2)cc1OC1CCCCC1. The highest BCUT2D eigenvalue weighted by Crippen LogP contribution is 2.31. The highest BCUT2D eigenvalue weighted by molar-refractivity contribution is 7.90. The molecule has 13 heteroatoms. The van der Waals surface area contributed by atoms with E-state index in [4.69, 9.17) is 4.74 Å². The summed E-state index contributed by atoms with van der Waals surface area (Å²) in [5.74, 6) is -0.388. The van der Waals surface area contributed by atoms with Crippen LogP contribution in [0.15, 0.2) is 96.4 Å². The summed E-state index contributed by atoms with van der Waals surface area (Å²) in [6.45, 7) is 1.15. The number of hydrogen-bond donors (Lipinski definition) is 3. The van der Waals surface area contributed by atoms with E-state index in [0.29, 0.717) is 18.8 Å². The number of pyridine rings is 2. The molecule has 1 saturated carbocycles. The summed E-state index contributed by atoms with van der Waals surface area (Å²) in [6, 6.07) is 19.9. The van der Waals surface area contributed by atoms with E-state index in [1.165, 1.54) is 24.5 Å². The number of rotatable bonds is 12. The van der Waals surface area contributed by atoms with Crippen LogP contribution in [0.2, 0.25) is 0 Å². The van der Waals surface area contributed by atoms with Crippen LogP contribution >= 0.6 is 37.2 Å². The predicted molar refractivity (Wildman–Crippen MR) is 186 cm³/mol. The molecule has 2 aromatic heterocycles. The second-order valence-corrected chi connectivity index (χ2v) is 12.3. The monoisotopic (exact) mass is 708 g/mol. The van der Waals surface area contributed by atoms with Crippen molar-refractivity contribution in [3.63, 3.8) is 0 Å². The summed E-state index contributed by atoms with van der Waals surface area (Å²) >= 11 is 0. The number of carbonyl (C=O) groups excluding carboxylic acids is 1. The van der Waals surface area contributed by atoms with E-state index < -0.39 is 22.0 Å². The van der Waals surface area contributed by atoms with E-state index in [0.717, 1.165) is 60.8 Å². The first-order chi connectivity index (χ1) is 20.9. The summed E-state index contributed by atoms with van der Waals surface area (Å²) in [5.41, 5.74) is 3.90. The molecule has 4 aromatic rings. The molecule has 0 saturated heterocycles. The quantitative estimate of drug-likeness (QED) is 0.151. The van der Waals surface area contributed by atoms with Crippen molar-refractivity contribution >= 4 is 53.2 Å². The van der Waals surface area contributed by atoms with Gasteiger partial charge in [0, 0.05) is 36.9 Å². The third-order valence-electron chi connectivity index (χ3n) is 7.53. The molecule has 248 valence electrons. The summed E-state index contributed by atoms with van der Waals surface area (Å²) in [4.78, 5) is 21.0. The lowest BCUT2D eigenvalue weighted by atomic mass is 9.97. The van der Waals surface area contributed by atoms with Gasteiger partial charge in [0.05, 0.1) is 17.8 Å². The molecule has 3 N–H and O–H groups in total. The highest BCUT2D eigenvalue weighted by Gasteiger charge is 2.24. The molecule has 1 amide bonds. The normalized spacial score (nSPS) is 13.7. The maximum Gasteiger partial charge on any atom is 0.268 e. The number of ether oxygens (including phenoxy) is 1. The van der Waals surface area contributed by atoms with Crippen LogP contribution in [-0.4, -0.2) is 48.6 Å². The van der Waals surface area contributed by atoms with Gasteiger partial charge in [0.15, 0.2) is 0 Å². The van der Waals surface area contributed by atoms with Crippen molar-refractivity contribution < 1.29 is 23.1 Å².